The van der Waals surface area contributed by atoms with Crippen molar-refractivity contribution in [3.05, 3.63) is 36.0 Å². The second-order valence-corrected chi connectivity index (χ2v) is 6.01. The van der Waals surface area contributed by atoms with E-state index in [1.165, 1.54) is 5.39 Å². The van der Waals surface area contributed by atoms with Gasteiger partial charge in [0, 0.05) is 11.7 Å². The molecule has 1 aromatic heterocycles. The highest BCUT2D eigenvalue weighted by Crippen LogP contribution is 2.42. The summed E-state index contributed by atoms with van der Waals surface area (Å²) in [7, 11) is 0. The van der Waals surface area contributed by atoms with Crippen molar-refractivity contribution in [1.29, 1.82) is 0 Å². The van der Waals surface area contributed by atoms with Crippen molar-refractivity contribution in [3.8, 4) is 0 Å². The molecule has 3 rings (SSSR count). The van der Waals surface area contributed by atoms with E-state index in [2.05, 4.69) is 43.1 Å². The first kappa shape index (κ1) is 11.8. The molecule has 1 heterocycles. The van der Waals surface area contributed by atoms with Crippen molar-refractivity contribution in [2.45, 2.75) is 38.7 Å². The third kappa shape index (κ3) is 1.85. The van der Waals surface area contributed by atoms with Crippen LogP contribution in [0.1, 0.15) is 38.7 Å². The van der Waals surface area contributed by atoms with Crippen LogP contribution in [-0.4, -0.2) is 10.1 Å². The third-order valence-corrected chi connectivity index (χ3v) is 4.73. The molecule has 2 nitrogen and oxygen atoms in total. The van der Waals surface area contributed by atoms with Gasteiger partial charge in [-0.25, -0.2) is 0 Å². The first-order valence-corrected chi connectivity index (χ1v) is 6.88. The van der Waals surface area contributed by atoms with Crippen molar-refractivity contribution in [2.24, 2.45) is 11.8 Å². The molecule has 96 valence electrons. The zero-order valence-electron chi connectivity index (χ0n) is 11.1. The summed E-state index contributed by atoms with van der Waals surface area (Å²) in [5, 5.41) is 12.1. The zero-order valence-corrected chi connectivity index (χ0v) is 11.1. The number of H-pyrrole nitrogens is 1. The van der Waals surface area contributed by atoms with Gasteiger partial charge in [-0.15, -0.1) is 0 Å². The maximum absolute atomic E-state index is 10.9. The highest BCUT2D eigenvalue weighted by Gasteiger charge is 2.37. The Kier molecular flexibility index (Phi) is 2.70. The topological polar surface area (TPSA) is 36.0 Å². The Hall–Kier alpha value is -1.28. The monoisotopic (exact) mass is 243 g/mol. The summed E-state index contributed by atoms with van der Waals surface area (Å²) in [4.78, 5) is 3.20. The third-order valence-electron chi connectivity index (χ3n) is 4.73. The maximum atomic E-state index is 10.9. The summed E-state index contributed by atoms with van der Waals surface area (Å²) in [5.74, 6) is 1.31. The standard InChI is InChI=1S/C16H21NO/c1-11-5-7-16(18,10-12(11)2)14-3-4-15-13(9-14)6-8-17-15/h3-4,6,8-9,11-12,17-18H,5,7,10H2,1-2H3. The molecule has 2 aromatic rings. The minimum absolute atomic E-state index is 0.589. The van der Waals surface area contributed by atoms with E-state index in [4.69, 9.17) is 0 Å². The molecule has 0 amide bonds. The number of aromatic nitrogens is 1. The molecule has 18 heavy (non-hydrogen) atoms. The highest BCUT2D eigenvalue weighted by atomic mass is 16.3. The number of fused-ring (bicyclic) bond motifs is 1. The minimum atomic E-state index is -0.628. The van der Waals surface area contributed by atoms with E-state index in [1.807, 2.05) is 6.20 Å². The van der Waals surface area contributed by atoms with Gasteiger partial charge in [-0.05, 0) is 60.2 Å². The van der Waals surface area contributed by atoms with Gasteiger partial charge in [0.1, 0.15) is 0 Å². The molecule has 1 aromatic carbocycles. The predicted octanol–water partition coefficient (Wildman–Crippen LogP) is 3.81. The maximum Gasteiger partial charge on any atom is 0.0899 e. The molecule has 1 aliphatic carbocycles. The molecule has 1 fully saturated rings. The first-order valence-electron chi connectivity index (χ1n) is 6.88. The van der Waals surface area contributed by atoms with Crippen LogP contribution in [0.3, 0.4) is 0 Å². The number of aliphatic hydroxyl groups is 1. The number of benzene rings is 1. The lowest BCUT2D eigenvalue weighted by Gasteiger charge is -2.39. The first-order chi connectivity index (χ1) is 8.58. The van der Waals surface area contributed by atoms with Crippen LogP contribution in [0.25, 0.3) is 10.9 Å². The van der Waals surface area contributed by atoms with Gasteiger partial charge in [-0.2, -0.15) is 0 Å². The molecule has 3 atom stereocenters. The minimum Gasteiger partial charge on any atom is -0.385 e. The number of hydrogen-bond donors (Lipinski definition) is 2. The Bertz CT molecular complexity index is 559. The summed E-state index contributed by atoms with van der Waals surface area (Å²) in [6.07, 6.45) is 4.82. The average molecular weight is 243 g/mol. The zero-order chi connectivity index (χ0) is 12.8. The van der Waals surface area contributed by atoms with E-state index >= 15 is 0 Å². The van der Waals surface area contributed by atoms with Gasteiger partial charge in [0.15, 0.2) is 0 Å². The van der Waals surface area contributed by atoms with E-state index in [0.29, 0.717) is 5.92 Å². The summed E-state index contributed by atoms with van der Waals surface area (Å²) in [5.41, 5.74) is 1.59. The van der Waals surface area contributed by atoms with Gasteiger partial charge >= 0.3 is 0 Å². The Balaban J connectivity index is 1.97. The largest absolute Gasteiger partial charge is 0.385 e. The van der Waals surface area contributed by atoms with Gasteiger partial charge in [0.25, 0.3) is 0 Å². The molecule has 3 unspecified atom stereocenters. The van der Waals surface area contributed by atoms with E-state index < -0.39 is 5.60 Å². The Morgan fingerprint density at radius 1 is 1.22 bits per heavy atom. The highest BCUT2D eigenvalue weighted by molar-refractivity contribution is 5.80. The smallest absolute Gasteiger partial charge is 0.0899 e. The van der Waals surface area contributed by atoms with E-state index in [1.54, 1.807) is 0 Å². The van der Waals surface area contributed by atoms with Crippen LogP contribution in [0, 0.1) is 11.8 Å². The van der Waals surface area contributed by atoms with E-state index in [-0.39, 0.29) is 0 Å². The number of nitrogens with one attached hydrogen (secondary N) is 1. The van der Waals surface area contributed by atoms with Crippen molar-refractivity contribution >= 4 is 10.9 Å². The summed E-state index contributed by atoms with van der Waals surface area (Å²) < 4.78 is 0. The van der Waals surface area contributed by atoms with Gasteiger partial charge in [0.05, 0.1) is 5.60 Å². The second-order valence-electron chi connectivity index (χ2n) is 6.01. The fraction of sp³-hybridized carbons (Fsp3) is 0.500. The van der Waals surface area contributed by atoms with Gasteiger partial charge in [-0.1, -0.05) is 19.9 Å². The van der Waals surface area contributed by atoms with Gasteiger partial charge in [0.2, 0.25) is 0 Å². The Morgan fingerprint density at radius 2 is 2.06 bits per heavy atom. The van der Waals surface area contributed by atoms with Crippen LogP contribution in [0.5, 0.6) is 0 Å². The average Bonchev–Trinajstić information content (AvgIpc) is 2.81. The number of hydrogen-bond acceptors (Lipinski definition) is 1. The fourth-order valence-corrected chi connectivity index (χ4v) is 3.19. The molecule has 2 heteroatoms. The normalized spacial score (nSPS) is 32.8. The van der Waals surface area contributed by atoms with Crippen LogP contribution >= 0.6 is 0 Å². The molecular weight excluding hydrogens is 222 g/mol. The van der Waals surface area contributed by atoms with Gasteiger partial charge in [-0.3, -0.25) is 0 Å². The van der Waals surface area contributed by atoms with E-state index in [9.17, 15) is 5.11 Å². The summed E-state index contributed by atoms with van der Waals surface area (Å²) >= 11 is 0. The molecule has 0 bridgehead atoms. The van der Waals surface area contributed by atoms with Crippen LogP contribution in [0.2, 0.25) is 0 Å². The predicted molar refractivity (Wildman–Crippen MR) is 74.4 cm³/mol. The van der Waals surface area contributed by atoms with Crippen molar-refractivity contribution in [2.75, 3.05) is 0 Å². The molecule has 1 saturated carbocycles. The SMILES string of the molecule is CC1CCC(O)(c2ccc3[nH]ccc3c2)CC1C. The van der Waals surface area contributed by atoms with Gasteiger partial charge < -0.3 is 10.1 Å². The van der Waals surface area contributed by atoms with Crippen molar-refractivity contribution < 1.29 is 5.11 Å². The lowest BCUT2D eigenvalue weighted by atomic mass is 9.70. The summed E-state index contributed by atoms with van der Waals surface area (Å²) in [6, 6.07) is 8.35. The summed E-state index contributed by atoms with van der Waals surface area (Å²) in [6.45, 7) is 4.54. The van der Waals surface area contributed by atoms with Crippen molar-refractivity contribution in [3.63, 3.8) is 0 Å². The second kappa shape index (κ2) is 4.13. The molecule has 2 N–H and O–H groups in total. The molecule has 1 aliphatic rings. The van der Waals surface area contributed by atoms with E-state index in [0.717, 1.165) is 36.3 Å². The quantitative estimate of drug-likeness (QED) is 0.785. The molecule has 0 saturated heterocycles. The van der Waals surface area contributed by atoms with Crippen molar-refractivity contribution in [1.82, 2.24) is 4.98 Å². The lowest BCUT2D eigenvalue weighted by molar-refractivity contribution is -0.0335. The molecule has 0 radical (unpaired) electrons. The number of aromatic amines is 1. The molecule has 0 spiro atoms. The van der Waals surface area contributed by atoms with Crippen LogP contribution < -0.4 is 0 Å². The fourth-order valence-electron chi connectivity index (χ4n) is 3.19. The Labute approximate surface area is 108 Å². The van der Waals surface area contributed by atoms with Crippen LogP contribution in [-0.2, 0) is 5.60 Å². The Morgan fingerprint density at radius 3 is 2.83 bits per heavy atom. The molecule has 0 aliphatic heterocycles. The molecular formula is C16H21NO. The number of rotatable bonds is 1. The van der Waals surface area contributed by atoms with Crippen LogP contribution in [0.15, 0.2) is 30.5 Å². The van der Waals surface area contributed by atoms with Crippen LogP contribution in [0.4, 0.5) is 0 Å². The lowest BCUT2D eigenvalue weighted by Crippen LogP contribution is -2.35.